The molecule has 10 heavy (non-hydrogen) atoms. The van der Waals surface area contributed by atoms with Gasteiger partial charge in [0.15, 0.2) is 0 Å². The highest BCUT2D eigenvalue weighted by Gasteiger charge is 2.20. The Morgan fingerprint density at radius 3 is 2.70 bits per heavy atom. The minimum atomic E-state index is 0.946. The third-order valence-electron chi connectivity index (χ3n) is 1.99. The van der Waals surface area contributed by atoms with E-state index >= 15 is 0 Å². The third kappa shape index (κ3) is 2.27. The van der Waals surface area contributed by atoms with Crippen molar-refractivity contribution in [2.75, 3.05) is 32.7 Å². The van der Waals surface area contributed by atoms with E-state index in [-0.39, 0.29) is 0 Å². The second-order valence-electron chi connectivity index (χ2n) is 3.22. The van der Waals surface area contributed by atoms with Gasteiger partial charge >= 0.3 is 0 Å². The first-order valence-corrected chi connectivity index (χ1v) is 4.26. The van der Waals surface area contributed by atoms with Crippen LogP contribution in [0.2, 0.25) is 0 Å². The van der Waals surface area contributed by atoms with Crippen molar-refractivity contribution < 1.29 is 0 Å². The molecule has 1 saturated heterocycles. The van der Waals surface area contributed by atoms with Gasteiger partial charge in [-0.25, -0.2) is 0 Å². The van der Waals surface area contributed by atoms with E-state index in [4.69, 9.17) is 0 Å². The van der Waals surface area contributed by atoms with Gasteiger partial charge in [-0.2, -0.15) is 0 Å². The Balaban J connectivity index is 1.86. The van der Waals surface area contributed by atoms with Gasteiger partial charge in [0.1, 0.15) is 0 Å². The maximum absolute atomic E-state index is 3.32. The molecule has 1 fully saturated rings. The zero-order valence-corrected chi connectivity index (χ0v) is 7.06. The summed E-state index contributed by atoms with van der Waals surface area (Å²) in [6.07, 6.45) is 0. The van der Waals surface area contributed by atoms with Crippen LogP contribution in [0.15, 0.2) is 0 Å². The highest BCUT2D eigenvalue weighted by atomic mass is 15.2. The molecule has 60 valence electrons. The molecule has 0 unspecified atom stereocenters. The quantitative estimate of drug-likeness (QED) is 0.577. The molecule has 1 aliphatic heterocycles. The number of hydrogen-bond acceptors (Lipinski definition) is 2. The molecule has 0 radical (unpaired) electrons. The number of nitrogens with one attached hydrogen (secondary N) is 1. The fourth-order valence-electron chi connectivity index (χ4n) is 1.42. The molecule has 1 N–H and O–H groups in total. The zero-order chi connectivity index (χ0) is 7.40. The van der Waals surface area contributed by atoms with E-state index in [1.165, 1.54) is 19.6 Å². The number of rotatable bonds is 4. The molecule has 2 heteroatoms. The molecule has 0 spiro atoms. The molecule has 1 aliphatic rings. The Hall–Kier alpha value is -0.0800. The van der Waals surface area contributed by atoms with E-state index < -0.39 is 0 Å². The minimum absolute atomic E-state index is 0.946. The van der Waals surface area contributed by atoms with Crippen LogP contribution in [0.5, 0.6) is 0 Å². The van der Waals surface area contributed by atoms with E-state index in [9.17, 15) is 0 Å². The fraction of sp³-hybridized carbons (Fsp3) is 1.00. The summed E-state index contributed by atoms with van der Waals surface area (Å²) < 4.78 is 0. The first kappa shape index (κ1) is 8.02. The summed E-state index contributed by atoms with van der Waals surface area (Å²) in [5.74, 6) is 0.946. The maximum atomic E-state index is 3.32. The zero-order valence-electron chi connectivity index (χ0n) is 7.06. The Kier molecular flexibility index (Phi) is 3.16. The lowest BCUT2D eigenvalue weighted by Gasteiger charge is -2.37. The van der Waals surface area contributed by atoms with Crippen molar-refractivity contribution in [1.82, 2.24) is 10.2 Å². The van der Waals surface area contributed by atoms with Crippen molar-refractivity contribution in [1.29, 1.82) is 0 Å². The van der Waals surface area contributed by atoms with Crippen LogP contribution in [0.1, 0.15) is 13.8 Å². The first-order chi connectivity index (χ1) is 4.83. The predicted molar refractivity (Wildman–Crippen MR) is 44.1 cm³/mol. The van der Waals surface area contributed by atoms with Crippen LogP contribution in [-0.4, -0.2) is 37.6 Å². The van der Waals surface area contributed by atoms with Gasteiger partial charge in [-0.05, 0) is 12.5 Å². The molecule has 1 rings (SSSR count). The lowest BCUT2D eigenvalue weighted by molar-refractivity contribution is 0.114. The van der Waals surface area contributed by atoms with Gasteiger partial charge in [-0.15, -0.1) is 0 Å². The third-order valence-corrected chi connectivity index (χ3v) is 1.99. The first-order valence-electron chi connectivity index (χ1n) is 4.26. The van der Waals surface area contributed by atoms with Crippen LogP contribution in [0.4, 0.5) is 0 Å². The summed E-state index contributed by atoms with van der Waals surface area (Å²) in [5.41, 5.74) is 0. The van der Waals surface area contributed by atoms with Crippen molar-refractivity contribution in [3.8, 4) is 0 Å². The van der Waals surface area contributed by atoms with Gasteiger partial charge in [-0.3, -0.25) is 0 Å². The molecule has 0 aliphatic carbocycles. The molecule has 0 saturated carbocycles. The summed E-state index contributed by atoms with van der Waals surface area (Å²) >= 11 is 0. The van der Waals surface area contributed by atoms with Gasteiger partial charge in [0.25, 0.3) is 0 Å². The van der Waals surface area contributed by atoms with E-state index in [1.54, 1.807) is 0 Å². The second kappa shape index (κ2) is 3.94. The average molecular weight is 142 g/mol. The topological polar surface area (TPSA) is 15.3 Å². The highest BCUT2D eigenvalue weighted by molar-refractivity contribution is 4.75. The van der Waals surface area contributed by atoms with Crippen molar-refractivity contribution >= 4 is 0 Å². The normalized spacial score (nSPS) is 21.0. The average Bonchev–Trinajstić information content (AvgIpc) is 1.85. The molecule has 0 atom stereocenters. The van der Waals surface area contributed by atoms with Crippen LogP contribution in [0.25, 0.3) is 0 Å². The maximum Gasteiger partial charge on any atom is 0.0107 e. The van der Waals surface area contributed by atoms with Gasteiger partial charge in [0, 0.05) is 26.2 Å². The Bertz CT molecular complexity index is 87.3. The molecular weight excluding hydrogens is 124 g/mol. The van der Waals surface area contributed by atoms with Gasteiger partial charge in [-0.1, -0.05) is 13.8 Å². The summed E-state index contributed by atoms with van der Waals surface area (Å²) in [7, 11) is 0. The number of likely N-dealkylation sites (tertiary alicyclic amines) is 1. The molecule has 0 bridgehead atoms. The molecule has 2 nitrogen and oxygen atoms in total. The summed E-state index contributed by atoms with van der Waals surface area (Å²) in [6, 6.07) is 0. The van der Waals surface area contributed by atoms with Gasteiger partial charge in [0.2, 0.25) is 0 Å². The number of nitrogens with zero attached hydrogens (tertiary/aromatic N) is 1. The second-order valence-corrected chi connectivity index (χ2v) is 3.22. The monoisotopic (exact) mass is 142 g/mol. The van der Waals surface area contributed by atoms with Crippen LogP contribution in [0, 0.1) is 5.92 Å². The lowest BCUT2D eigenvalue weighted by atomic mass is 10.0. The van der Waals surface area contributed by atoms with Crippen LogP contribution in [-0.2, 0) is 0 Å². The van der Waals surface area contributed by atoms with Crippen molar-refractivity contribution in [3.05, 3.63) is 0 Å². The largest absolute Gasteiger partial charge is 0.316 e. The van der Waals surface area contributed by atoms with Crippen LogP contribution >= 0.6 is 0 Å². The number of likely N-dealkylation sites (N-methyl/N-ethyl adjacent to an activating group) is 1. The molecule has 0 aromatic rings. The number of hydrogen-bond donors (Lipinski definition) is 1. The van der Waals surface area contributed by atoms with E-state index in [0.717, 1.165) is 19.0 Å². The Morgan fingerprint density at radius 1 is 1.50 bits per heavy atom. The summed E-state index contributed by atoms with van der Waals surface area (Å²) in [6.45, 7) is 10.6. The van der Waals surface area contributed by atoms with Gasteiger partial charge < -0.3 is 10.2 Å². The standard InChI is InChI=1S/C8H18N2/c1-3-9-4-5-10-6-8(2)7-10/h8-9H,3-7H2,1-2H3. The SMILES string of the molecule is CCNCCN1CC(C)C1. The van der Waals surface area contributed by atoms with Crippen molar-refractivity contribution in [2.45, 2.75) is 13.8 Å². The summed E-state index contributed by atoms with van der Waals surface area (Å²) in [4.78, 5) is 2.49. The van der Waals surface area contributed by atoms with Crippen LogP contribution in [0.3, 0.4) is 0 Å². The molecular formula is C8H18N2. The Morgan fingerprint density at radius 2 is 2.20 bits per heavy atom. The molecule has 0 aromatic heterocycles. The van der Waals surface area contributed by atoms with Crippen LogP contribution < -0.4 is 5.32 Å². The van der Waals surface area contributed by atoms with E-state index in [0.29, 0.717) is 0 Å². The molecule has 1 heterocycles. The van der Waals surface area contributed by atoms with E-state index in [2.05, 4.69) is 24.1 Å². The smallest absolute Gasteiger partial charge is 0.0107 e. The van der Waals surface area contributed by atoms with Gasteiger partial charge in [0.05, 0.1) is 0 Å². The van der Waals surface area contributed by atoms with Crippen molar-refractivity contribution in [2.24, 2.45) is 5.92 Å². The minimum Gasteiger partial charge on any atom is -0.316 e. The lowest BCUT2D eigenvalue weighted by Crippen LogP contribution is -2.47. The summed E-state index contributed by atoms with van der Waals surface area (Å²) in [5, 5.41) is 3.32. The predicted octanol–water partition coefficient (Wildman–Crippen LogP) is 0.548. The Labute approximate surface area is 63.6 Å². The molecule has 0 amide bonds. The van der Waals surface area contributed by atoms with E-state index in [1.807, 2.05) is 0 Å². The fourth-order valence-corrected chi connectivity index (χ4v) is 1.42. The highest BCUT2D eigenvalue weighted by Crippen LogP contribution is 2.12. The molecule has 0 aromatic carbocycles. The van der Waals surface area contributed by atoms with Crippen molar-refractivity contribution in [3.63, 3.8) is 0 Å².